The van der Waals surface area contributed by atoms with Crippen molar-refractivity contribution in [3.63, 3.8) is 0 Å². The van der Waals surface area contributed by atoms with Gasteiger partial charge in [0.2, 0.25) is 5.78 Å². The molecule has 0 aliphatic rings. The van der Waals surface area contributed by atoms with Gasteiger partial charge in [-0.1, -0.05) is 13.8 Å². The fourth-order valence-corrected chi connectivity index (χ4v) is 3.79. The van der Waals surface area contributed by atoms with Gasteiger partial charge < -0.3 is 0 Å². The number of H-pyrrole nitrogens is 1. The molecule has 3 aromatic rings. The summed E-state index contributed by atoms with van der Waals surface area (Å²) in [5.74, 6) is -0.692. The van der Waals surface area contributed by atoms with E-state index in [-0.39, 0.29) is 29.4 Å². The Morgan fingerprint density at radius 1 is 0.967 bits per heavy atom. The summed E-state index contributed by atoms with van der Waals surface area (Å²) in [6.07, 6.45) is 0. The van der Waals surface area contributed by atoms with E-state index >= 15 is 0 Å². The Kier molecular flexibility index (Phi) is 5.82. The maximum Gasteiger partial charge on any atom is 0.329 e. The molecule has 0 saturated heterocycles. The number of nitrogens with zero attached hydrogens (tertiary/aromatic N) is 3. The molecule has 0 atom stereocenters. The molecule has 0 saturated carbocycles. The van der Waals surface area contributed by atoms with Crippen LogP contribution in [0.1, 0.15) is 69.7 Å². The predicted molar refractivity (Wildman–Crippen MR) is 115 cm³/mol. The van der Waals surface area contributed by atoms with Gasteiger partial charge in [0.25, 0.3) is 5.56 Å². The second-order valence-corrected chi connectivity index (χ2v) is 8.02. The SMILES string of the molecule is Cc1cc(C)nc(C(=O)c2c(C(C)C)c(=O)[nH]c(=O)n2Cc2cc(C)nc(C)c2)c1. The smallest absolute Gasteiger partial charge is 0.285 e. The molecule has 0 radical (unpaired) electrons. The number of pyridine rings is 2. The van der Waals surface area contributed by atoms with Crippen molar-refractivity contribution in [3.05, 3.63) is 90.3 Å². The zero-order valence-electron chi connectivity index (χ0n) is 18.2. The normalized spacial score (nSPS) is 11.2. The molecule has 0 aliphatic carbocycles. The summed E-state index contributed by atoms with van der Waals surface area (Å²) in [6.45, 7) is 11.2. The second kappa shape index (κ2) is 8.18. The Labute approximate surface area is 174 Å². The molecular formula is C23H26N4O3. The van der Waals surface area contributed by atoms with E-state index in [0.717, 1.165) is 22.5 Å². The first-order valence-electron chi connectivity index (χ1n) is 9.88. The third-order valence-electron chi connectivity index (χ3n) is 4.84. The summed E-state index contributed by atoms with van der Waals surface area (Å²) in [5.41, 5.74) is 3.46. The van der Waals surface area contributed by atoms with Crippen LogP contribution in [0.15, 0.2) is 33.9 Å². The van der Waals surface area contributed by atoms with E-state index in [9.17, 15) is 14.4 Å². The number of carbonyl (C=O) groups excluding carboxylic acids is 1. The molecule has 0 aromatic carbocycles. The predicted octanol–water partition coefficient (Wildman–Crippen LogP) is 2.96. The van der Waals surface area contributed by atoms with Crippen LogP contribution in [0.4, 0.5) is 0 Å². The van der Waals surface area contributed by atoms with Crippen molar-refractivity contribution < 1.29 is 4.79 Å². The summed E-state index contributed by atoms with van der Waals surface area (Å²) in [4.78, 5) is 50.1. The van der Waals surface area contributed by atoms with E-state index in [1.54, 1.807) is 13.0 Å². The lowest BCUT2D eigenvalue weighted by Gasteiger charge is -2.18. The van der Waals surface area contributed by atoms with Crippen molar-refractivity contribution in [2.24, 2.45) is 0 Å². The van der Waals surface area contributed by atoms with E-state index in [1.807, 2.05) is 52.8 Å². The van der Waals surface area contributed by atoms with Gasteiger partial charge in [-0.05, 0) is 69.0 Å². The molecule has 1 N–H and O–H groups in total. The minimum Gasteiger partial charge on any atom is -0.285 e. The highest BCUT2D eigenvalue weighted by Crippen LogP contribution is 2.19. The molecule has 0 aliphatic heterocycles. The molecular weight excluding hydrogens is 380 g/mol. The molecule has 30 heavy (non-hydrogen) atoms. The maximum absolute atomic E-state index is 13.5. The van der Waals surface area contributed by atoms with Crippen LogP contribution in [0.2, 0.25) is 0 Å². The van der Waals surface area contributed by atoms with Crippen LogP contribution >= 0.6 is 0 Å². The first kappa shape index (κ1) is 21.4. The van der Waals surface area contributed by atoms with Crippen molar-refractivity contribution >= 4 is 5.78 Å². The molecule has 3 aromatic heterocycles. The van der Waals surface area contributed by atoms with E-state index in [0.29, 0.717) is 5.69 Å². The highest BCUT2D eigenvalue weighted by molar-refractivity contribution is 6.07. The number of aryl methyl sites for hydroxylation is 4. The third-order valence-corrected chi connectivity index (χ3v) is 4.84. The van der Waals surface area contributed by atoms with Crippen LogP contribution in [0.3, 0.4) is 0 Å². The summed E-state index contributed by atoms with van der Waals surface area (Å²) < 4.78 is 1.34. The van der Waals surface area contributed by atoms with Crippen LogP contribution in [0.25, 0.3) is 0 Å². The lowest BCUT2D eigenvalue weighted by atomic mass is 9.98. The van der Waals surface area contributed by atoms with Gasteiger partial charge in [0.1, 0.15) is 11.4 Å². The largest absolute Gasteiger partial charge is 0.329 e. The Morgan fingerprint density at radius 2 is 1.57 bits per heavy atom. The van der Waals surface area contributed by atoms with Gasteiger partial charge >= 0.3 is 5.69 Å². The van der Waals surface area contributed by atoms with Crippen LogP contribution in [-0.4, -0.2) is 25.3 Å². The Balaban J connectivity index is 2.29. The number of hydrogen-bond acceptors (Lipinski definition) is 5. The van der Waals surface area contributed by atoms with Crippen LogP contribution < -0.4 is 11.2 Å². The van der Waals surface area contributed by atoms with Gasteiger partial charge in [0, 0.05) is 22.6 Å². The van der Waals surface area contributed by atoms with Crippen molar-refractivity contribution in [2.75, 3.05) is 0 Å². The number of rotatable bonds is 5. The molecule has 3 heterocycles. The van der Waals surface area contributed by atoms with Gasteiger partial charge in [0.05, 0.1) is 6.54 Å². The number of nitrogens with one attached hydrogen (secondary N) is 1. The Bertz CT molecular complexity index is 1210. The summed E-state index contributed by atoms with van der Waals surface area (Å²) in [5, 5.41) is 0. The molecule has 7 heteroatoms. The number of ketones is 1. The van der Waals surface area contributed by atoms with Gasteiger partial charge in [-0.25, -0.2) is 9.78 Å². The summed E-state index contributed by atoms with van der Waals surface area (Å²) >= 11 is 0. The van der Waals surface area contributed by atoms with Crippen molar-refractivity contribution in [3.8, 4) is 0 Å². The van der Waals surface area contributed by atoms with Gasteiger partial charge in [0.15, 0.2) is 0 Å². The average molecular weight is 406 g/mol. The number of carbonyl (C=O) groups is 1. The fraction of sp³-hybridized carbons (Fsp3) is 0.348. The van der Waals surface area contributed by atoms with Gasteiger partial charge in [-0.15, -0.1) is 0 Å². The van der Waals surface area contributed by atoms with Gasteiger partial charge in [-0.3, -0.25) is 24.1 Å². The van der Waals surface area contributed by atoms with Crippen LogP contribution in [0.5, 0.6) is 0 Å². The Hall–Kier alpha value is -3.35. The number of hydrogen-bond donors (Lipinski definition) is 1. The Morgan fingerprint density at radius 3 is 2.13 bits per heavy atom. The fourth-order valence-electron chi connectivity index (χ4n) is 3.79. The van der Waals surface area contributed by atoms with Gasteiger partial charge in [-0.2, -0.15) is 0 Å². The highest BCUT2D eigenvalue weighted by atomic mass is 16.2. The topological polar surface area (TPSA) is 97.7 Å². The van der Waals surface area contributed by atoms with E-state index in [2.05, 4.69) is 15.0 Å². The summed E-state index contributed by atoms with van der Waals surface area (Å²) in [6, 6.07) is 7.27. The zero-order valence-corrected chi connectivity index (χ0v) is 18.2. The van der Waals surface area contributed by atoms with Crippen molar-refractivity contribution in [1.29, 1.82) is 0 Å². The second-order valence-electron chi connectivity index (χ2n) is 8.02. The number of aromatic amines is 1. The van der Waals surface area contributed by atoms with Crippen LogP contribution in [-0.2, 0) is 6.54 Å². The first-order chi connectivity index (χ1) is 14.1. The van der Waals surface area contributed by atoms with Crippen molar-refractivity contribution in [2.45, 2.75) is 54.0 Å². The highest BCUT2D eigenvalue weighted by Gasteiger charge is 2.25. The minimum atomic E-state index is -0.621. The lowest BCUT2D eigenvalue weighted by Crippen LogP contribution is -2.38. The molecule has 0 amide bonds. The molecule has 7 nitrogen and oxygen atoms in total. The molecule has 3 rings (SSSR count). The maximum atomic E-state index is 13.5. The van der Waals surface area contributed by atoms with E-state index < -0.39 is 17.0 Å². The molecule has 0 spiro atoms. The molecule has 0 fully saturated rings. The number of aromatic nitrogens is 4. The third kappa shape index (κ3) is 4.30. The van der Waals surface area contributed by atoms with E-state index in [4.69, 9.17) is 0 Å². The molecule has 156 valence electrons. The molecule has 0 unspecified atom stereocenters. The van der Waals surface area contributed by atoms with Crippen molar-refractivity contribution in [1.82, 2.24) is 19.5 Å². The minimum absolute atomic E-state index is 0.0865. The van der Waals surface area contributed by atoms with E-state index in [1.165, 1.54) is 4.57 Å². The standard InChI is InChI=1S/C23H26N4O3/c1-12(2)19-20(21(28)18-8-13(3)7-14(4)25-18)27(23(30)26-22(19)29)11-17-9-15(5)24-16(6)10-17/h7-10,12H,11H2,1-6H3,(H,26,29,30). The monoisotopic (exact) mass is 406 g/mol. The quantitative estimate of drug-likeness (QED) is 0.657. The molecule has 0 bridgehead atoms. The van der Waals surface area contributed by atoms with Crippen LogP contribution in [0, 0.1) is 27.7 Å². The summed E-state index contributed by atoms with van der Waals surface area (Å²) in [7, 11) is 0. The zero-order chi connectivity index (χ0) is 22.2. The lowest BCUT2D eigenvalue weighted by molar-refractivity contribution is 0.102. The first-order valence-corrected chi connectivity index (χ1v) is 9.88. The average Bonchev–Trinajstić information content (AvgIpc) is 2.61.